The molecule has 1 atom stereocenters. The van der Waals surface area contributed by atoms with Gasteiger partial charge in [-0.25, -0.2) is 0 Å². The van der Waals surface area contributed by atoms with Crippen LogP contribution in [0.15, 0.2) is 0 Å². The smallest absolute Gasteiger partial charge is 0.000948 e. The lowest BCUT2D eigenvalue weighted by Crippen LogP contribution is -2.30. The third-order valence-corrected chi connectivity index (χ3v) is 1.66. The van der Waals surface area contributed by atoms with E-state index in [9.17, 15) is 0 Å². The topological polar surface area (TPSA) is 3.24 Å². The third-order valence-electron chi connectivity index (χ3n) is 1.66. The van der Waals surface area contributed by atoms with E-state index in [1.165, 1.54) is 19.4 Å². The molecule has 2 radical (unpaired) electrons. The van der Waals surface area contributed by atoms with Crippen LogP contribution >= 0.6 is 0 Å². The van der Waals surface area contributed by atoms with Crippen molar-refractivity contribution in [2.75, 3.05) is 20.1 Å². The van der Waals surface area contributed by atoms with Crippen LogP contribution in [0.25, 0.3) is 0 Å². The Labute approximate surface area is 51.7 Å². The van der Waals surface area contributed by atoms with E-state index >= 15 is 0 Å². The largest absolute Gasteiger partial charge is 0.306 e. The molecule has 1 aliphatic heterocycles. The normalized spacial score (nSPS) is 33.0. The van der Waals surface area contributed by atoms with E-state index in [2.05, 4.69) is 11.9 Å². The Morgan fingerprint density at radius 3 is 2.75 bits per heavy atom. The first-order chi connectivity index (χ1) is 3.79. The molecule has 0 aromatic heterocycles. The third kappa shape index (κ3) is 1.48. The fraction of sp³-hybridized carbons (Fsp3) is 0.857. The van der Waals surface area contributed by atoms with Gasteiger partial charge in [0.1, 0.15) is 0 Å². The minimum Gasteiger partial charge on any atom is -0.306 e. The predicted molar refractivity (Wildman–Crippen MR) is 34.5 cm³/mol. The van der Waals surface area contributed by atoms with E-state index in [-0.39, 0.29) is 0 Å². The number of nitrogens with zero attached hydrogens (tertiary/aromatic N) is 1. The van der Waals surface area contributed by atoms with Crippen LogP contribution in [0.4, 0.5) is 0 Å². The van der Waals surface area contributed by atoms with Crippen LogP contribution in [-0.2, 0) is 0 Å². The van der Waals surface area contributed by atoms with Crippen molar-refractivity contribution in [3.8, 4) is 0 Å². The number of rotatable bonds is 0. The summed E-state index contributed by atoms with van der Waals surface area (Å²) >= 11 is 0. The molecule has 0 N–H and O–H groups in total. The standard InChI is InChI=1S/C7H13N/c1-7-4-3-5-8(2)6-7/h1,7H,3-6H2,2H3. The maximum absolute atomic E-state index is 5.68. The molecule has 0 saturated carbocycles. The molecule has 0 spiro atoms. The first-order valence-corrected chi connectivity index (χ1v) is 3.23. The number of likely N-dealkylation sites (tertiary alicyclic amines) is 1. The molecule has 1 rings (SSSR count). The minimum absolute atomic E-state index is 0.439. The maximum atomic E-state index is 5.68. The van der Waals surface area contributed by atoms with Crippen molar-refractivity contribution < 1.29 is 0 Å². The monoisotopic (exact) mass is 111 g/mol. The fourth-order valence-corrected chi connectivity index (χ4v) is 1.21. The van der Waals surface area contributed by atoms with Gasteiger partial charge in [0, 0.05) is 6.54 Å². The van der Waals surface area contributed by atoms with Gasteiger partial charge in [0.15, 0.2) is 0 Å². The molecule has 0 bridgehead atoms. The highest BCUT2D eigenvalue weighted by molar-refractivity contribution is 4.71. The Balaban J connectivity index is 2.23. The zero-order valence-electron chi connectivity index (χ0n) is 5.43. The first kappa shape index (κ1) is 6.09. The predicted octanol–water partition coefficient (Wildman–Crippen LogP) is 1.04. The van der Waals surface area contributed by atoms with E-state index in [1.54, 1.807) is 0 Å². The van der Waals surface area contributed by atoms with Gasteiger partial charge < -0.3 is 4.90 Å². The lowest BCUT2D eigenvalue weighted by atomic mass is 10.0. The maximum Gasteiger partial charge on any atom is 0.000948 e. The first-order valence-electron chi connectivity index (χ1n) is 3.23. The van der Waals surface area contributed by atoms with Crippen molar-refractivity contribution in [1.29, 1.82) is 0 Å². The lowest BCUT2D eigenvalue weighted by Gasteiger charge is -2.26. The molecule has 0 aliphatic carbocycles. The second-order valence-corrected chi connectivity index (χ2v) is 2.66. The van der Waals surface area contributed by atoms with Crippen molar-refractivity contribution in [1.82, 2.24) is 4.90 Å². The summed E-state index contributed by atoms with van der Waals surface area (Å²) in [5.41, 5.74) is 0. The highest BCUT2D eigenvalue weighted by Gasteiger charge is 2.11. The van der Waals surface area contributed by atoms with E-state index in [1.807, 2.05) is 0 Å². The number of hydrogen-bond acceptors (Lipinski definition) is 1. The van der Waals surface area contributed by atoms with Crippen molar-refractivity contribution >= 4 is 0 Å². The average Bonchev–Trinajstić information content (AvgIpc) is 1.64. The second-order valence-electron chi connectivity index (χ2n) is 2.66. The van der Waals surface area contributed by atoms with Gasteiger partial charge in [-0.1, -0.05) is 0 Å². The van der Waals surface area contributed by atoms with Gasteiger partial charge >= 0.3 is 0 Å². The van der Waals surface area contributed by atoms with Gasteiger partial charge in [-0.05, 0) is 39.3 Å². The molecule has 1 aliphatic rings. The van der Waals surface area contributed by atoms with Gasteiger partial charge in [-0.15, -0.1) is 0 Å². The SMILES string of the molecule is [CH]C1CCCN(C)C1. The molecule has 1 unspecified atom stereocenters. The Kier molecular flexibility index (Phi) is 1.90. The summed E-state index contributed by atoms with van der Waals surface area (Å²) in [5.74, 6) is 0.439. The van der Waals surface area contributed by atoms with Crippen LogP contribution in [0.2, 0.25) is 0 Å². The Bertz CT molecular complexity index is 62.8. The summed E-state index contributed by atoms with van der Waals surface area (Å²) in [6.45, 7) is 8.00. The van der Waals surface area contributed by atoms with Crippen LogP contribution in [0.5, 0.6) is 0 Å². The molecular weight excluding hydrogens is 98.1 g/mol. The summed E-state index contributed by atoms with van der Waals surface area (Å²) in [5, 5.41) is 0. The van der Waals surface area contributed by atoms with Crippen LogP contribution in [-0.4, -0.2) is 25.0 Å². The van der Waals surface area contributed by atoms with Crippen molar-refractivity contribution in [2.24, 2.45) is 5.92 Å². The highest BCUT2D eigenvalue weighted by Crippen LogP contribution is 2.12. The molecule has 0 aromatic carbocycles. The molecule has 1 heteroatoms. The van der Waals surface area contributed by atoms with Crippen molar-refractivity contribution in [2.45, 2.75) is 12.8 Å². The summed E-state index contributed by atoms with van der Waals surface area (Å²) < 4.78 is 0. The Morgan fingerprint density at radius 1 is 1.62 bits per heavy atom. The summed E-state index contributed by atoms with van der Waals surface area (Å²) in [4.78, 5) is 2.29. The number of hydrogen-bond donors (Lipinski definition) is 0. The summed E-state index contributed by atoms with van der Waals surface area (Å²) in [7, 11) is 2.12. The van der Waals surface area contributed by atoms with Gasteiger partial charge in [-0.3, -0.25) is 0 Å². The second kappa shape index (κ2) is 2.49. The number of piperidine rings is 1. The molecule has 0 aromatic rings. The quantitative estimate of drug-likeness (QED) is 0.451. The van der Waals surface area contributed by atoms with Crippen molar-refractivity contribution in [3.63, 3.8) is 0 Å². The summed E-state index contributed by atoms with van der Waals surface area (Å²) in [6.07, 6.45) is 2.49. The highest BCUT2D eigenvalue weighted by atomic mass is 15.1. The van der Waals surface area contributed by atoms with E-state index < -0.39 is 0 Å². The van der Waals surface area contributed by atoms with Crippen LogP contribution in [0.3, 0.4) is 0 Å². The molecular formula is C7H13N. The molecule has 1 fully saturated rings. The van der Waals surface area contributed by atoms with Crippen LogP contribution in [0.1, 0.15) is 12.8 Å². The van der Waals surface area contributed by atoms with Gasteiger partial charge in [0.25, 0.3) is 0 Å². The molecule has 1 heterocycles. The van der Waals surface area contributed by atoms with E-state index in [4.69, 9.17) is 6.92 Å². The zero-order valence-corrected chi connectivity index (χ0v) is 5.43. The molecule has 0 amide bonds. The van der Waals surface area contributed by atoms with E-state index in [0.717, 1.165) is 6.54 Å². The van der Waals surface area contributed by atoms with Gasteiger partial charge in [0.2, 0.25) is 0 Å². The Hall–Kier alpha value is -0.0400. The molecule has 46 valence electrons. The lowest BCUT2D eigenvalue weighted by molar-refractivity contribution is 0.236. The van der Waals surface area contributed by atoms with Gasteiger partial charge in [-0.2, -0.15) is 0 Å². The molecule has 1 nitrogen and oxygen atoms in total. The molecule has 8 heavy (non-hydrogen) atoms. The summed E-state index contributed by atoms with van der Waals surface area (Å²) in [6, 6.07) is 0. The van der Waals surface area contributed by atoms with E-state index in [0.29, 0.717) is 5.92 Å². The average molecular weight is 111 g/mol. The van der Waals surface area contributed by atoms with Crippen LogP contribution in [0, 0.1) is 12.8 Å². The zero-order chi connectivity index (χ0) is 5.98. The fourth-order valence-electron chi connectivity index (χ4n) is 1.21. The Morgan fingerprint density at radius 2 is 2.38 bits per heavy atom. The van der Waals surface area contributed by atoms with Crippen LogP contribution < -0.4 is 0 Å². The van der Waals surface area contributed by atoms with Gasteiger partial charge in [0.05, 0.1) is 0 Å². The minimum atomic E-state index is 0.439. The molecule has 1 saturated heterocycles. The van der Waals surface area contributed by atoms with Crippen molar-refractivity contribution in [3.05, 3.63) is 6.92 Å².